The minimum absolute atomic E-state index is 0.207. The zero-order valence-electron chi connectivity index (χ0n) is 12.0. The molecule has 0 amide bonds. The van der Waals surface area contributed by atoms with Gasteiger partial charge in [0, 0.05) is 12.1 Å². The van der Waals surface area contributed by atoms with Crippen molar-refractivity contribution in [2.45, 2.75) is 19.3 Å². The van der Waals surface area contributed by atoms with Gasteiger partial charge in [0.2, 0.25) is 0 Å². The number of thiocarbonyl (C=S) groups is 1. The molecule has 0 aliphatic rings. The monoisotopic (exact) mass is 302 g/mol. The lowest BCUT2D eigenvalue weighted by Gasteiger charge is -2.13. The molecule has 0 aliphatic carbocycles. The van der Waals surface area contributed by atoms with Crippen molar-refractivity contribution >= 4 is 22.9 Å². The van der Waals surface area contributed by atoms with Gasteiger partial charge < -0.3 is 11.1 Å². The molecule has 2 nitrogen and oxygen atoms in total. The Morgan fingerprint density at radius 3 is 2.57 bits per heavy atom. The molecule has 0 aliphatic heterocycles. The summed E-state index contributed by atoms with van der Waals surface area (Å²) in [5, 5.41) is 3.12. The summed E-state index contributed by atoms with van der Waals surface area (Å²) in [5.41, 5.74) is 7.81. The summed E-state index contributed by atoms with van der Waals surface area (Å²) in [4.78, 5) is 0.207. The van der Waals surface area contributed by atoms with E-state index in [4.69, 9.17) is 18.0 Å². The summed E-state index contributed by atoms with van der Waals surface area (Å²) in [6.07, 6.45) is 0.931. The van der Waals surface area contributed by atoms with Crippen LogP contribution in [0.1, 0.15) is 30.4 Å². The van der Waals surface area contributed by atoms with E-state index >= 15 is 0 Å². The average molecular weight is 302 g/mol. The van der Waals surface area contributed by atoms with E-state index in [0.717, 1.165) is 6.42 Å². The van der Waals surface area contributed by atoms with Crippen LogP contribution in [0.15, 0.2) is 48.5 Å². The summed E-state index contributed by atoms with van der Waals surface area (Å²) in [6.45, 7) is 2.88. The molecule has 0 radical (unpaired) electrons. The Morgan fingerprint density at radius 1 is 1.24 bits per heavy atom. The normalized spacial score (nSPS) is 11.9. The van der Waals surface area contributed by atoms with Gasteiger partial charge in [-0.15, -0.1) is 0 Å². The third kappa shape index (κ3) is 4.26. The van der Waals surface area contributed by atoms with Crippen LogP contribution >= 0.6 is 12.2 Å². The quantitative estimate of drug-likeness (QED) is 0.790. The zero-order valence-corrected chi connectivity index (χ0v) is 12.8. The van der Waals surface area contributed by atoms with E-state index in [-0.39, 0.29) is 10.8 Å². The van der Waals surface area contributed by atoms with E-state index in [0.29, 0.717) is 23.7 Å². The van der Waals surface area contributed by atoms with E-state index in [1.54, 1.807) is 12.1 Å². The summed E-state index contributed by atoms with van der Waals surface area (Å²) < 4.78 is 13.9. The minimum Gasteiger partial charge on any atom is -0.389 e. The van der Waals surface area contributed by atoms with Gasteiger partial charge in [-0.3, -0.25) is 0 Å². The Hall–Kier alpha value is -1.94. The van der Waals surface area contributed by atoms with E-state index in [9.17, 15) is 4.39 Å². The number of halogens is 1. The van der Waals surface area contributed by atoms with Crippen LogP contribution in [0.3, 0.4) is 0 Å². The van der Waals surface area contributed by atoms with Crippen molar-refractivity contribution in [3.8, 4) is 0 Å². The molecule has 0 saturated heterocycles. The number of anilines is 1. The van der Waals surface area contributed by atoms with Gasteiger partial charge in [0.15, 0.2) is 0 Å². The second-order valence-electron chi connectivity index (χ2n) is 5.09. The standard InChI is InChI=1S/C17H19FN2S/c1-12(13-5-3-2-4-6-13)9-10-20-16-8-7-14(17(19)21)11-15(16)18/h2-8,11-12,20H,9-10H2,1H3,(H2,19,21). The highest BCUT2D eigenvalue weighted by Gasteiger charge is 2.07. The lowest BCUT2D eigenvalue weighted by Crippen LogP contribution is -2.11. The average Bonchev–Trinajstić information content (AvgIpc) is 2.49. The third-order valence-corrected chi connectivity index (χ3v) is 3.75. The van der Waals surface area contributed by atoms with Crippen LogP contribution < -0.4 is 11.1 Å². The Labute approximate surface area is 130 Å². The van der Waals surface area contributed by atoms with Gasteiger partial charge >= 0.3 is 0 Å². The smallest absolute Gasteiger partial charge is 0.146 e. The number of nitrogens with one attached hydrogen (secondary N) is 1. The highest BCUT2D eigenvalue weighted by molar-refractivity contribution is 7.80. The predicted molar refractivity (Wildman–Crippen MR) is 90.3 cm³/mol. The number of hydrogen-bond acceptors (Lipinski definition) is 2. The van der Waals surface area contributed by atoms with Crippen LogP contribution in [0.5, 0.6) is 0 Å². The molecule has 0 fully saturated rings. The minimum atomic E-state index is -0.326. The zero-order chi connectivity index (χ0) is 15.2. The van der Waals surface area contributed by atoms with Crippen molar-refractivity contribution in [2.75, 3.05) is 11.9 Å². The van der Waals surface area contributed by atoms with E-state index in [2.05, 4.69) is 24.4 Å². The van der Waals surface area contributed by atoms with Gasteiger partial charge in [0.1, 0.15) is 10.8 Å². The predicted octanol–water partition coefficient (Wildman–Crippen LogP) is 4.07. The number of rotatable bonds is 6. The molecular formula is C17H19FN2S. The van der Waals surface area contributed by atoms with Gasteiger partial charge in [0.25, 0.3) is 0 Å². The molecule has 0 aromatic heterocycles. The molecule has 3 N–H and O–H groups in total. The first-order valence-electron chi connectivity index (χ1n) is 6.96. The molecule has 2 aromatic carbocycles. The molecule has 0 heterocycles. The number of nitrogens with two attached hydrogens (primary N) is 1. The lowest BCUT2D eigenvalue weighted by atomic mass is 9.98. The van der Waals surface area contributed by atoms with Crippen LogP contribution in [0, 0.1) is 5.82 Å². The van der Waals surface area contributed by atoms with Crippen molar-refractivity contribution < 1.29 is 4.39 Å². The van der Waals surface area contributed by atoms with E-state index < -0.39 is 0 Å². The number of benzene rings is 2. The molecule has 2 aromatic rings. The molecule has 2 rings (SSSR count). The lowest BCUT2D eigenvalue weighted by molar-refractivity contribution is 0.627. The third-order valence-electron chi connectivity index (χ3n) is 3.52. The maximum atomic E-state index is 13.9. The topological polar surface area (TPSA) is 38.0 Å². The maximum Gasteiger partial charge on any atom is 0.146 e. The largest absolute Gasteiger partial charge is 0.389 e. The van der Waals surface area contributed by atoms with Crippen LogP contribution in [0.2, 0.25) is 0 Å². The van der Waals surface area contributed by atoms with Crippen LogP contribution in [0.4, 0.5) is 10.1 Å². The van der Waals surface area contributed by atoms with Crippen LogP contribution in [-0.2, 0) is 0 Å². The van der Waals surface area contributed by atoms with Crippen LogP contribution in [-0.4, -0.2) is 11.5 Å². The van der Waals surface area contributed by atoms with E-state index in [1.165, 1.54) is 11.6 Å². The Balaban J connectivity index is 1.90. The first-order valence-corrected chi connectivity index (χ1v) is 7.37. The molecule has 21 heavy (non-hydrogen) atoms. The second kappa shape index (κ2) is 7.18. The number of hydrogen-bond donors (Lipinski definition) is 2. The fourth-order valence-corrected chi connectivity index (χ4v) is 2.31. The Kier molecular flexibility index (Phi) is 5.28. The van der Waals surface area contributed by atoms with E-state index in [1.807, 2.05) is 18.2 Å². The highest BCUT2D eigenvalue weighted by Crippen LogP contribution is 2.20. The van der Waals surface area contributed by atoms with Crippen molar-refractivity contribution in [3.63, 3.8) is 0 Å². The first-order chi connectivity index (χ1) is 10.1. The van der Waals surface area contributed by atoms with Gasteiger partial charge in [-0.25, -0.2) is 4.39 Å². The molecule has 0 saturated carbocycles. The van der Waals surface area contributed by atoms with Crippen molar-refractivity contribution in [1.82, 2.24) is 0 Å². The summed E-state index contributed by atoms with van der Waals surface area (Å²) in [7, 11) is 0. The Morgan fingerprint density at radius 2 is 1.95 bits per heavy atom. The Bertz CT molecular complexity index is 613. The van der Waals surface area contributed by atoms with Crippen molar-refractivity contribution in [1.29, 1.82) is 0 Å². The maximum absolute atomic E-state index is 13.9. The van der Waals surface area contributed by atoms with Crippen molar-refractivity contribution in [3.05, 3.63) is 65.5 Å². The fraction of sp³-hybridized carbons (Fsp3) is 0.235. The molecule has 1 unspecified atom stereocenters. The fourth-order valence-electron chi connectivity index (χ4n) is 2.18. The molecule has 4 heteroatoms. The molecule has 110 valence electrons. The van der Waals surface area contributed by atoms with Gasteiger partial charge in [-0.2, -0.15) is 0 Å². The molecular weight excluding hydrogens is 283 g/mol. The van der Waals surface area contributed by atoms with Crippen molar-refractivity contribution in [2.24, 2.45) is 5.73 Å². The first kappa shape index (κ1) is 15.4. The SMILES string of the molecule is CC(CCNc1ccc(C(N)=S)cc1F)c1ccccc1. The van der Waals surface area contributed by atoms with Gasteiger partial charge in [0.05, 0.1) is 5.69 Å². The van der Waals surface area contributed by atoms with Crippen LogP contribution in [0.25, 0.3) is 0 Å². The molecule has 0 spiro atoms. The van der Waals surface area contributed by atoms with Gasteiger partial charge in [-0.05, 0) is 36.1 Å². The van der Waals surface area contributed by atoms with Gasteiger partial charge in [-0.1, -0.05) is 49.5 Å². The summed E-state index contributed by atoms with van der Waals surface area (Å²) >= 11 is 4.83. The highest BCUT2D eigenvalue weighted by atomic mass is 32.1. The summed E-state index contributed by atoms with van der Waals surface area (Å²) in [5.74, 6) is 0.102. The molecule has 1 atom stereocenters. The summed E-state index contributed by atoms with van der Waals surface area (Å²) in [6, 6.07) is 15.1. The second-order valence-corrected chi connectivity index (χ2v) is 5.53. The molecule has 0 bridgehead atoms.